The summed E-state index contributed by atoms with van der Waals surface area (Å²) in [5.74, 6) is 0.814. The number of nitrogens with zero attached hydrogens (tertiary/aromatic N) is 2. The van der Waals surface area contributed by atoms with Crippen LogP contribution in [0.5, 0.6) is 11.5 Å². The standard InChI is InChI=1S/C23H29N3O5S/c1-23(2)15-17-6-4-9-20(22(17)31-23)30-16-21(27)24-18-7-5-8-19(14-18)32(28,29)26-12-10-25(3)11-13-26/h4-9,14H,10-13,15-16H2,1-3H3,(H,24,27). The number of sulfonamides is 1. The molecule has 0 aromatic heterocycles. The number of nitrogens with one attached hydrogen (secondary N) is 1. The van der Waals surface area contributed by atoms with E-state index < -0.39 is 10.0 Å². The molecule has 2 aromatic carbocycles. The fourth-order valence-electron chi connectivity index (χ4n) is 3.95. The van der Waals surface area contributed by atoms with Gasteiger partial charge in [-0.25, -0.2) is 8.42 Å². The topological polar surface area (TPSA) is 88.2 Å². The maximum Gasteiger partial charge on any atom is 0.262 e. The van der Waals surface area contributed by atoms with Crippen LogP contribution in [0.2, 0.25) is 0 Å². The SMILES string of the molecule is CN1CCN(S(=O)(=O)c2cccc(NC(=O)COc3cccc4c3OC(C)(C)C4)c2)CC1. The van der Waals surface area contributed by atoms with Crippen molar-refractivity contribution in [3.05, 3.63) is 48.0 Å². The molecular weight excluding hydrogens is 430 g/mol. The lowest BCUT2D eigenvalue weighted by Crippen LogP contribution is -2.47. The van der Waals surface area contributed by atoms with Gasteiger partial charge in [0, 0.05) is 43.9 Å². The van der Waals surface area contributed by atoms with E-state index in [1.807, 2.05) is 33.0 Å². The quantitative estimate of drug-likeness (QED) is 0.714. The van der Waals surface area contributed by atoms with Crippen LogP contribution in [-0.4, -0.2) is 69.0 Å². The number of amides is 1. The second kappa shape index (κ2) is 8.73. The van der Waals surface area contributed by atoms with Crippen molar-refractivity contribution in [2.24, 2.45) is 0 Å². The van der Waals surface area contributed by atoms with E-state index in [1.54, 1.807) is 24.3 Å². The molecule has 1 N–H and O–H groups in total. The summed E-state index contributed by atoms with van der Waals surface area (Å²) in [6.45, 7) is 6.08. The van der Waals surface area contributed by atoms with Crippen LogP contribution in [0.25, 0.3) is 0 Å². The van der Waals surface area contributed by atoms with Gasteiger partial charge in [-0.15, -0.1) is 0 Å². The Kier molecular flexibility index (Phi) is 6.15. The van der Waals surface area contributed by atoms with Gasteiger partial charge in [-0.2, -0.15) is 4.31 Å². The minimum absolute atomic E-state index is 0.164. The second-order valence-corrected chi connectivity index (χ2v) is 10.8. The van der Waals surface area contributed by atoms with E-state index in [4.69, 9.17) is 9.47 Å². The molecular formula is C23H29N3O5S. The van der Waals surface area contributed by atoms with Crippen molar-refractivity contribution in [2.75, 3.05) is 45.2 Å². The molecule has 0 saturated carbocycles. The first-order chi connectivity index (χ1) is 15.1. The molecule has 32 heavy (non-hydrogen) atoms. The van der Waals surface area contributed by atoms with E-state index in [2.05, 4.69) is 10.2 Å². The Labute approximate surface area is 189 Å². The second-order valence-electron chi connectivity index (χ2n) is 8.85. The van der Waals surface area contributed by atoms with Gasteiger partial charge in [0.25, 0.3) is 5.91 Å². The number of anilines is 1. The predicted octanol–water partition coefficient (Wildman–Crippen LogP) is 2.35. The van der Waals surface area contributed by atoms with Crippen molar-refractivity contribution < 1.29 is 22.7 Å². The number of benzene rings is 2. The number of hydrogen-bond acceptors (Lipinski definition) is 6. The number of rotatable bonds is 6. The average molecular weight is 460 g/mol. The first kappa shape index (κ1) is 22.6. The van der Waals surface area contributed by atoms with E-state index in [1.165, 1.54) is 10.4 Å². The number of fused-ring (bicyclic) bond motifs is 1. The van der Waals surface area contributed by atoms with Gasteiger partial charge in [0.2, 0.25) is 10.0 Å². The molecule has 172 valence electrons. The number of ether oxygens (including phenoxy) is 2. The molecule has 1 saturated heterocycles. The monoisotopic (exact) mass is 459 g/mol. The molecule has 2 aromatic rings. The molecule has 1 fully saturated rings. The molecule has 2 aliphatic heterocycles. The van der Waals surface area contributed by atoms with Crippen LogP contribution < -0.4 is 14.8 Å². The zero-order valence-corrected chi connectivity index (χ0v) is 19.4. The first-order valence-electron chi connectivity index (χ1n) is 10.7. The van der Waals surface area contributed by atoms with Crippen molar-refractivity contribution >= 4 is 21.6 Å². The molecule has 0 spiro atoms. The van der Waals surface area contributed by atoms with E-state index in [0.717, 1.165) is 12.0 Å². The van der Waals surface area contributed by atoms with Crippen molar-refractivity contribution in [1.82, 2.24) is 9.21 Å². The van der Waals surface area contributed by atoms with Gasteiger partial charge in [-0.1, -0.05) is 18.2 Å². The van der Waals surface area contributed by atoms with Crippen molar-refractivity contribution in [3.63, 3.8) is 0 Å². The smallest absolute Gasteiger partial charge is 0.262 e. The highest BCUT2D eigenvalue weighted by molar-refractivity contribution is 7.89. The summed E-state index contributed by atoms with van der Waals surface area (Å²) in [5.41, 5.74) is 1.15. The zero-order chi connectivity index (χ0) is 22.9. The highest BCUT2D eigenvalue weighted by Crippen LogP contribution is 2.41. The van der Waals surface area contributed by atoms with Crippen molar-refractivity contribution in [1.29, 1.82) is 0 Å². The maximum absolute atomic E-state index is 13.0. The number of likely N-dealkylation sites (N-methyl/N-ethyl adjacent to an activating group) is 1. The Morgan fingerprint density at radius 3 is 2.59 bits per heavy atom. The van der Waals surface area contributed by atoms with Crippen LogP contribution in [0.3, 0.4) is 0 Å². The number of hydrogen-bond donors (Lipinski definition) is 1. The van der Waals surface area contributed by atoms with Gasteiger partial charge in [-0.3, -0.25) is 4.79 Å². The molecule has 4 rings (SSSR count). The Balaban J connectivity index is 1.40. The summed E-state index contributed by atoms with van der Waals surface area (Å²) in [7, 11) is -1.64. The molecule has 2 aliphatic rings. The van der Waals surface area contributed by atoms with Crippen LogP contribution in [0.1, 0.15) is 19.4 Å². The molecule has 0 bridgehead atoms. The lowest BCUT2D eigenvalue weighted by Gasteiger charge is -2.31. The molecule has 9 heteroatoms. The Hall–Kier alpha value is -2.62. The highest BCUT2D eigenvalue weighted by Gasteiger charge is 2.32. The summed E-state index contributed by atoms with van der Waals surface area (Å²) in [5, 5.41) is 2.72. The minimum Gasteiger partial charge on any atom is -0.483 e. The van der Waals surface area contributed by atoms with Crippen LogP contribution in [-0.2, 0) is 21.2 Å². The first-order valence-corrected chi connectivity index (χ1v) is 12.1. The van der Waals surface area contributed by atoms with Crippen LogP contribution >= 0.6 is 0 Å². The molecule has 0 atom stereocenters. The third-order valence-electron chi connectivity index (χ3n) is 5.63. The Morgan fingerprint density at radius 1 is 1.12 bits per heavy atom. The number of piperazine rings is 1. The summed E-state index contributed by atoms with van der Waals surface area (Å²) >= 11 is 0. The highest BCUT2D eigenvalue weighted by atomic mass is 32.2. The molecule has 0 radical (unpaired) electrons. The maximum atomic E-state index is 13.0. The van der Waals surface area contributed by atoms with Crippen LogP contribution in [0.15, 0.2) is 47.4 Å². The normalized spacial score (nSPS) is 18.6. The third kappa shape index (κ3) is 4.90. The largest absolute Gasteiger partial charge is 0.483 e. The van der Waals surface area contributed by atoms with E-state index in [0.29, 0.717) is 43.4 Å². The predicted molar refractivity (Wildman–Crippen MR) is 122 cm³/mol. The van der Waals surface area contributed by atoms with Gasteiger partial charge in [0.15, 0.2) is 18.1 Å². The van der Waals surface area contributed by atoms with Gasteiger partial charge >= 0.3 is 0 Å². The van der Waals surface area contributed by atoms with E-state index in [-0.39, 0.29) is 23.0 Å². The van der Waals surface area contributed by atoms with Crippen LogP contribution in [0, 0.1) is 0 Å². The van der Waals surface area contributed by atoms with E-state index in [9.17, 15) is 13.2 Å². The number of carbonyl (C=O) groups is 1. The Morgan fingerprint density at radius 2 is 1.84 bits per heavy atom. The fourth-order valence-corrected chi connectivity index (χ4v) is 5.42. The van der Waals surface area contributed by atoms with Crippen molar-refractivity contribution in [2.45, 2.75) is 30.8 Å². The molecule has 2 heterocycles. The fraction of sp³-hybridized carbons (Fsp3) is 0.435. The minimum atomic E-state index is -3.61. The molecule has 0 unspecified atom stereocenters. The van der Waals surface area contributed by atoms with Gasteiger partial charge in [0.1, 0.15) is 5.60 Å². The zero-order valence-electron chi connectivity index (χ0n) is 18.6. The summed E-state index contributed by atoms with van der Waals surface area (Å²) < 4.78 is 39.1. The van der Waals surface area contributed by atoms with Crippen LogP contribution in [0.4, 0.5) is 5.69 Å². The molecule has 8 nitrogen and oxygen atoms in total. The molecule has 1 amide bonds. The van der Waals surface area contributed by atoms with Gasteiger partial charge in [-0.05, 0) is 45.2 Å². The Bertz CT molecular complexity index is 1110. The molecule has 0 aliphatic carbocycles. The van der Waals surface area contributed by atoms with Gasteiger partial charge in [0.05, 0.1) is 4.90 Å². The van der Waals surface area contributed by atoms with Crippen molar-refractivity contribution in [3.8, 4) is 11.5 Å². The average Bonchev–Trinajstić information content (AvgIpc) is 3.07. The summed E-state index contributed by atoms with van der Waals surface area (Å²) in [4.78, 5) is 14.7. The number of carbonyl (C=O) groups excluding carboxylic acids is 1. The lowest BCUT2D eigenvalue weighted by molar-refractivity contribution is -0.118. The number of para-hydroxylation sites is 1. The third-order valence-corrected chi connectivity index (χ3v) is 7.53. The van der Waals surface area contributed by atoms with E-state index >= 15 is 0 Å². The van der Waals surface area contributed by atoms with Gasteiger partial charge < -0.3 is 19.7 Å². The summed E-state index contributed by atoms with van der Waals surface area (Å²) in [6.07, 6.45) is 0.778. The summed E-state index contributed by atoms with van der Waals surface area (Å²) in [6, 6.07) is 12.0. The lowest BCUT2D eigenvalue weighted by atomic mass is 10.0.